The summed E-state index contributed by atoms with van der Waals surface area (Å²) in [6.45, 7) is 7.52. The van der Waals surface area contributed by atoms with Gasteiger partial charge in [-0.1, -0.05) is 24.3 Å². The van der Waals surface area contributed by atoms with Gasteiger partial charge in [0.25, 0.3) is 0 Å². The minimum Gasteiger partial charge on any atom is -0.381 e. The lowest BCUT2D eigenvalue weighted by molar-refractivity contribution is -0.131. The first kappa shape index (κ1) is 17.0. The number of hydrogen-bond donors (Lipinski definition) is 0. The highest BCUT2D eigenvalue weighted by Crippen LogP contribution is 2.38. The van der Waals surface area contributed by atoms with Crippen LogP contribution in [0.4, 0.5) is 0 Å². The molecular weight excluding hydrogens is 312 g/mol. The number of rotatable bonds is 2. The van der Waals surface area contributed by atoms with E-state index in [2.05, 4.69) is 34.1 Å². The molecule has 4 rings (SSSR count). The van der Waals surface area contributed by atoms with Crippen molar-refractivity contribution in [3.63, 3.8) is 0 Å². The van der Waals surface area contributed by atoms with E-state index in [0.717, 1.165) is 45.2 Å². The molecule has 1 spiro atoms. The van der Waals surface area contributed by atoms with E-state index in [1.54, 1.807) is 6.92 Å². The summed E-state index contributed by atoms with van der Waals surface area (Å²) in [5, 5.41) is 0. The second-order valence-corrected chi connectivity index (χ2v) is 8.15. The molecule has 4 heteroatoms. The van der Waals surface area contributed by atoms with E-state index in [1.165, 1.54) is 43.4 Å². The maximum absolute atomic E-state index is 12.3. The smallest absolute Gasteiger partial charge is 0.219 e. The zero-order valence-corrected chi connectivity index (χ0v) is 15.4. The first-order valence-electron chi connectivity index (χ1n) is 9.81. The van der Waals surface area contributed by atoms with Crippen LogP contribution in [0.25, 0.3) is 0 Å². The number of fused-ring (bicyclic) bond motifs is 1. The third-order valence-electron chi connectivity index (χ3n) is 6.49. The first-order chi connectivity index (χ1) is 12.2. The van der Waals surface area contributed by atoms with Crippen LogP contribution in [0, 0.1) is 5.92 Å². The molecule has 1 atom stereocenters. The summed E-state index contributed by atoms with van der Waals surface area (Å²) in [5.41, 5.74) is 2.88. The van der Waals surface area contributed by atoms with Crippen molar-refractivity contribution in [1.29, 1.82) is 0 Å². The van der Waals surface area contributed by atoms with Crippen LogP contribution in [0.5, 0.6) is 0 Å². The Bertz CT molecular complexity index is 626. The molecular formula is C21H30N2O2. The molecule has 1 unspecified atom stereocenters. The van der Waals surface area contributed by atoms with Gasteiger partial charge in [-0.25, -0.2) is 0 Å². The lowest BCUT2D eigenvalue weighted by atomic mass is 9.86. The zero-order valence-electron chi connectivity index (χ0n) is 15.4. The Labute approximate surface area is 151 Å². The van der Waals surface area contributed by atoms with Crippen LogP contribution in [0.15, 0.2) is 24.3 Å². The molecule has 25 heavy (non-hydrogen) atoms. The van der Waals surface area contributed by atoms with Crippen LogP contribution in [-0.2, 0) is 22.5 Å². The SMILES string of the molecule is CC(=O)N1Cc2ccccc2CC2(CCCN2CC2CCOCC2)C1. The molecule has 1 aromatic rings. The fraction of sp³-hybridized carbons (Fsp3) is 0.667. The molecule has 3 aliphatic heterocycles. The summed E-state index contributed by atoms with van der Waals surface area (Å²) in [7, 11) is 0. The molecule has 0 radical (unpaired) electrons. The number of carbonyl (C=O) groups excluding carboxylic acids is 1. The van der Waals surface area contributed by atoms with Crippen LogP contribution < -0.4 is 0 Å². The normalized spacial score (nSPS) is 28.1. The lowest BCUT2D eigenvalue weighted by Crippen LogP contribution is -2.54. The molecule has 3 heterocycles. The molecule has 2 fully saturated rings. The maximum atomic E-state index is 12.3. The van der Waals surface area contributed by atoms with Gasteiger partial charge < -0.3 is 9.64 Å². The average Bonchev–Trinajstić information content (AvgIpc) is 2.89. The van der Waals surface area contributed by atoms with E-state index in [-0.39, 0.29) is 11.4 Å². The summed E-state index contributed by atoms with van der Waals surface area (Å²) < 4.78 is 5.54. The van der Waals surface area contributed by atoms with Crippen LogP contribution in [0.2, 0.25) is 0 Å². The molecule has 1 aromatic carbocycles. The Balaban J connectivity index is 1.61. The fourth-order valence-electron chi connectivity index (χ4n) is 5.03. The third-order valence-corrected chi connectivity index (χ3v) is 6.49. The highest BCUT2D eigenvalue weighted by atomic mass is 16.5. The molecule has 4 nitrogen and oxygen atoms in total. The number of carbonyl (C=O) groups is 1. The minimum atomic E-state index is 0.122. The van der Waals surface area contributed by atoms with Gasteiger partial charge in [-0.05, 0) is 55.7 Å². The Morgan fingerprint density at radius 3 is 2.76 bits per heavy atom. The number of amides is 1. The zero-order chi connectivity index (χ0) is 17.3. The monoisotopic (exact) mass is 342 g/mol. The van der Waals surface area contributed by atoms with Gasteiger partial charge in [-0.3, -0.25) is 9.69 Å². The van der Waals surface area contributed by atoms with Gasteiger partial charge in [-0.15, -0.1) is 0 Å². The lowest BCUT2D eigenvalue weighted by Gasteiger charge is -2.42. The predicted octanol–water partition coefficient (Wildman–Crippen LogP) is 2.85. The second-order valence-electron chi connectivity index (χ2n) is 8.15. The standard InChI is InChI=1S/C21H30N2O2/c1-17(24)22-15-20-6-3-2-5-19(20)13-21(16-22)9-4-10-23(21)14-18-7-11-25-12-8-18/h2-3,5-6,18H,4,7-16H2,1H3. The van der Waals surface area contributed by atoms with Gasteiger partial charge in [0.1, 0.15) is 0 Å². The van der Waals surface area contributed by atoms with Gasteiger partial charge in [0.05, 0.1) is 0 Å². The van der Waals surface area contributed by atoms with Crippen molar-refractivity contribution >= 4 is 5.91 Å². The molecule has 0 aromatic heterocycles. The predicted molar refractivity (Wildman–Crippen MR) is 98.3 cm³/mol. The van der Waals surface area contributed by atoms with Gasteiger partial charge in [0, 0.05) is 45.3 Å². The maximum Gasteiger partial charge on any atom is 0.219 e. The van der Waals surface area contributed by atoms with Crippen LogP contribution in [-0.4, -0.2) is 54.1 Å². The molecule has 2 saturated heterocycles. The fourth-order valence-corrected chi connectivity index (χ4v) is 5.03. The van der Waals surface area contributed by atoms with Crippen molar-refractivity contribution in [2.45, 2.75) is 51.1 Å². The third kappa shape index (κ3) is 3.47. The molecule has 0 saturated carbocycles. The topological polar surface area (TPSA) is 32.8 Å². The van der Waals surface area contributed by atoms with Crippen molar-refractivity contribution < 1.29 is 9.53 Å². The summed E-state index contributed by atoms with van der Waals surface area (Å²) in [5.74, 6) is 0.946. The van der Waals surface area contributed by atoms with Crippen molar-refractivity contribution in [3.05, 3.63) is 35.4 Å². The number of benzene rings is 1. The molecule has 0 aliphatic carbocycles. The Kier molecular flexibility index (Phi) is 4.83. The largest absolute Gasteiger partial charge is 0.381 e. The van der Waals surface area contributed by atoms with Crippen LogP contribution in [0.1, 0.15) is 43.7 Å². The molecule has 3 aliphatic rings. The highest BCUT2D eigenvalue weighted by molar-refractivity contribution is 5.73. The van der Waals surface area contributed by atoms with Crippen LogP contribution in [0.3, 0.4) is 0 Å². The van der Waals surface area contributed by atoms with Crippen molar-refractivity contribution in [2.75, 3.05) is 32.8 Å². The Morgan fingerprint density at radius 1 is 1.24 bits per heavy atom. The quantitative estimate of drug-likeness (QED) is 0.828. The Morgan fingerprint density at radius 2 is 2.00 bits per heavy atom. The van der Waals surface area contributed by atoms with Gasteiger partial charge in [-0.2, -0.15) is 0 Å². The second kappa shape index (κ2) is 7.08. The summed E-state index contributed by atoms with van der Waals surface area (Å²) in [4.78, 5) is 17.1. The average molecular weight is 342 g/mol. The molecule has 1 amide bonds. The summed E-state index contributed by atoms with van der Waals surface area (Å²) in [6, 6.07) is 8.71. The van der Waals surface area contributed by atoms with Crippen molar-refractivity contribution in [2.24, 2.45) is 5.92 Å². The minimum absolute atomic E-state index is 0.122. The number of ether oxygens (including phenoxy) is 1. The first-order valence-corrected chi connectivity index (χ1v) is 9.81. The summed E-state index contributed by atoms with van der Waals surface area (Å²) in [6.07, 6.45) is 5.89. The van der Waals surface area contributed by atoms with E-state index >= 15 is 0 Å². The van der Waals surface area contributed by atoms with E-state index in [1.807, 2.05) is 0 Å². The number of likely N-dealkylation sites (tertiary alicyclic amines) is 1. The van der Waals surface area contributed by atoms with E-state index in [9.17, 15) is 4.79 Å². The van der Waals surface area contributed by atoms with Gasteiger partial charge in [0.2, 0.25) is 5.91 Å². The van der Waals surface area contributed by atoms with E-state index < -0.39 is 0 Å². The van der Waals surface area contributed by atoms with Crippen molar-refractivity contribution in [3.8, 4) is 0 Å². The molecule has 0 N–H and O–H groups in total. The molecule has 136 valence electrons. The van der Waals surface area contributed by atoms with Gasteiger partial charge in [0.15, 0.2) is 0 Å². The van der Waals surface area contributed by atoms with E-state index in [0.29, 0.717) is 0 Å². The number of nitrogens with zero attached hydrogens (tertiary/aromatic N) is 2. The van der Waals surface area contributed by atoms with E-state index in [4.69, 9.17) is 4.74 Å². The van der Waals surface area contributed by atoms with Gasteiger partial charge >= 0.3 is 0 Å². The summed E-state index contributed by atoms with van der Waals surface area (Å²) >= 11 is 0. The van der Waals surface area contributed by atoms with Crippen molar-refractivity contribution in [1.82, 2.24) is 9.80 Å². The highest BCUT2D eigenvalue weighted by Gasteiger charge is 2.45. The molecule has 0 bridgehead atoms. The van der Waals surface area contributed by atoms with Crippen LogP contribution >= 0.6 is 0 Å². The Hall–Kier alpha value is -1.39. The number of hydrogen-bond acceptors (Lipinski definition) is 3.